The van der Waals surface area contributed by atoms with Gasteiger partial charge in [0, 0.05) is 13.1 Å². The summed E-state index contributed by atoms with van der Waals surface area (Å²) in [4.78, 5) is 35.2. The van der Waals surface area contributed by atoms with Gasteiger partial charge in [0.15, 0.2) is 0 Å². The average Bonchev–Trinajstić information content (AvgIpc) is 2.49. The van der Waals surface area contributed by atoms with E-state index in [1.807, 2.05) is 0 Å². The van der Waals surface area contributed by atoms with Crippen molar-refractivity contribution < 1.29 is 19.1 Å². The summed E-state index contributed by atoms with van der Waals surface area (Å²) in [6.45, 7) is 1.19. The zero-order valence-corrected chi connectivity index (χ0v) is 11.6. The summed E-state index contributed by atoms with van der Waals surface area (Å²) in [6, 6.07) is 6.00. The van der Waals surface area contributed by atoms with Crippen molar-refractivity contribution in [1.82, 2.24) is 10.6 Å². The molecule has 21 heavy (non-hydrogen) atoms. The summed E-state index contributed by atoms with van der Waals surface area (Å²) in [5.41, 5.74) is 0.639. The van der Waals surface area contributed by atoms with Crippen LogP contribution in [0.3, 0.4) is 0 Å². The number of piperazine rings is 1. The third-order valence-corrected chi connectivity index (χ3v) is 3.13. The average molecular weight is 291 g/mol. The summed E-state index contributed by atoms with van der Waals surface area (Å²) in [6.07, 6.45) is 0.00133. The molecule has 1 atom stereocenters. The van der Waals surface area contributed by atoms with Crippen molar-refractivity contribution >= 4 is 23.5 Å². The fraction of sp³-hybridized carbons (Fsp3) is 0.357. The molecule has 1 aliphatic heterocycles. The Hall–Kier alpha value is -2.41. The summed E-state index contributed by atoms with van der Waals surface area (Å²) < 4.78 is 4.66. The standard InChI is InChI=1S/C14H17N3O4/c1-21-14(20)9-4-2-3-5-10(9)17-12(18)8-11-13(19)16-7-6-15-11/h2-5,11,15H,6-8H2,1H3,(H,16,19)(H,17,18). The lowest BCUT2D eigenvalue weighted by molar-refractivity contribution is -0.127. The van der Waals surface area contributed by atoms with Gasteiger partial charge in [0.05, 0.1) is 30.8 Å². The van der Waals surface area contributed by atoms with Crippen molar-refractivity contribution in [2.45, 2.75) is 12.5 Å². The van der Waals surface area contributed by atoms with Crippen LogP contribution in [0.4, 0.5) is 5.69 Å². The monoisotopic (exact) mass is 291 g/mol. The van der Waals surface area contributed by atoms with Gasteiger partial charge < -0.3 is 20.7 Å². The van der Waals surface area contributed by atoms with Gasteiger partial charge in [0.1, 0.15) is 0 Å². The minimum atomic E-state index is -0.552. The number of carbonyl (C=O) groups is 3. The maximum absolute atomic E-state index is 12.0. The molecule has 1 aliphatic rings. The van der Waals surface area contributed by atoms with Crippen LogP contribution in [-0.4, -0.2) is 44.0 Å². The second-order valence-corrected chi connectivity index (χ2v) is 4.59. The second-order valence-electron chi connectivity index (χ2n) is 4.59. The molecular weight excluding hydrogens is 274 g/mol. The molecule has 112 valence electrons. The highest BCUT2D eigenvalue weighted by Crippen LogP contribution is 2.16. The molecule has 1 aromatic rings. The SMILES string of the molecule is COC(=O)c1ccccc1NC(=O)CC1NCCNC1=O. The number of carbonyl (C=O) groups excluding carboxylic acids is 3. The first-order valence-corrected chi connectivity index (χ1v) is 6.60. The van der Waals surface area contributed by atoms with Crippen molar-refractivity contribution in [3.63, 3.8) is 0 Å². The Labute approximate surface area is 122 Å². The number of amides is 2. The van der Waals surface area contributed by atoms with E-state index in [0.29, 0.717) is 18.8 Å². The molecular formula is C14H17N3O4. The van der Waals surface area contributed by atoms with Crippen LogP contribution in [0.5, 0.6) is 0 Å². The van der Waals surface area contributed by atoms with E-state index in [1.165, 1.54) is 7.11 Å². The lowest BCUT2D eigenvalue weighted by atomic mass is 10.1. The van der Waals surface area contributed by atoms with Crippen LogP contribution in [0, 0.1) is 0 Å². The van der Waals surface area contributed by atoms with E-state index >= 15 is 0 Å². The van der Waals surface area contributed by atoms with Crippen molar-refractivity contribution in [3.8, 4) is 0 Å². The van der Waals surface area contributed by atoms with Crippen molar-refractivity contribution in [2.75, 3.05) is 25.5 Å². The van der Waals surface area contributed by atoms with Crippen molar-refractivity contribution in [3.05, 3.63) is 29.8 Å². The summed E-state index contributed by atoms with van der Waals surface area (Å²) in [5.74, 6) is -1.07. The van der Waals surface area contributed by atoms with Gasteiger partial charge in [0.25, 0.3) is 0 Å². The normalized spacial score (nSPS) is 17.8. The first-order chi connectivity index (χ1) is 10.1. The number of anilines is 1. The van der Waals surface area contributed by atoms with Gasteiger partial charge in [-0.1, -0.05) is 12.1 Å². The van der Waals surface area contributed by atoms with Crippen LogP contribution in [0.1, 0.15) is 16.8 Å². The van der Waals surface area contributed by atoms with E-state index in [-0.39, 0.29) is 23.8 Å². The molecule has 0 saturated carbocycles. The first kappa shape index (κ1) is 15.0. The lowest BCUT2D eigenvalue weighted by Gasteiger charge is -2.23. The van der Waals surface area contributed by atoms with E-state index in [9.17, 15) is 14.4 Å². The molecule has 1 fully saturated rings. The maximum Gasteiger partial charge on any atom is 0.339 e. The lowest BCUT2D eigenvalue weighted by Crippen LogP contribution is -2.53. The van der Waals surface area contributed by atoms with Crippen LogP contribution < -0.4 is 16.0 Å². The number of esters is 1. The third kappa shape index (κ3) is 3.79. The highest BCUT2D eigenvalue weighted by atomic mass is 16.5. The maximum atomic E-state index is 12.0. The molecule has 3 N–H and O–H groups in total. The van der Waals surface area contributed by atoms with Gasteiger partial charge in [-0.2, -0.15) is 0 Å². The molecule has 2 amide bonds. The molecule has 2 rings (SSSR count). The van der Waals surface area contributed by atoms with Crippen LogP contribution in [0.15, 0.2) is 24.3 Å². The zero-order valence-electron chi connectivity index (χ0n) is 11.6. The van der Waals surface area contributed by atoms with E-state index < -0.39 is 12.0 Å². The molecule has 1 saturated heterocycles. The Balaban J connectivity index is 2.02. The van der Waals surface area contributed by atoms with E-state index in [1.54, 1.807) is 24.3 Å². The minimum Gasteiger partial charge on any atom is -0.465 e. The largest absolute Gasteiger partial charge is 0.465 e. The van der Waals surface area contributed by atoms with Gasteiger partial charge >= 0.3 is 5.97 Å². The van der Waals surface area contributed by atoms with Gasteiger partial charge in [-0.25, -0.2) is 4.79 Å². The number of ether oxygens (including phenoxy) is 1. The quantitative estimate of drug-likeness (QED) is 0.673. The molecule has 1 aromatic carbocycles. The molecule has 0 aromatic heterocycles. The number of nitrogens with one attached hydrogen (secondary N) is 3. The topological polar surface area (TPSA) is 96.5 Å². The molecule has 7 heteroatoms. The molecule has 1 heterocycles. The Bertz CT molecular complexity index is 559. The fourth-order valence-electron chi connectivity index (χ4n) is 2.08. The predicted octanol–water partition coefficient (Wildman–Crippen LogP) is -0.110. The smallest absolute Gasteiger partial charge is 0.339 e. The first-order valence-electron chi connectivity index (χ1n) is 6.60. The van der Waals surface area contributed by atoms with Gasteiger partial charge in [0.2, 0.25) is 11.8 Å². The van der Waals surface area contributed by atoms with Crippen LogP contribution in [-0.2, 0) is 14.3 Å². The van der Waals surface area contributed by atoms with Crippen molar-refractivity contribution in [1.29, 1.82) is 0 Å². The molecule has 0 radical (unpaired) electrons. The van der Waals surface area contributed by atoms with Crippen LogP contribution in [0.25, 0.3) is 0 Å². The van der Waals surface area contributed by atoms with Gasteiger partial charge in [-0.3, -0.25) is 9.59 Å². The Morgan fingerprint density at radius 1 is 1.33 bits per heavy atom. The highest BCUT2D eigenvalue weighted by molar-refractivity contribution is 6.02. The number of hydrogen-bond donors (Lipinski definition) is 3. The fourth-order valence-corrected chi connectivity index (χ4v) is 2.08. The Kier molecular flexibility index (Phi) is 4.89. The highest BCUT2D eigenvalue weighted by Gasteiger charge is 2.24. The van der Waals surface area contributed by atoms with Gasteiger partial charge in [-0.15, -0.1) is 0 Å². The number of methoxy groups -OCH3 is 1. The van der Waals surface area contributed by atoms with Crippen molar-refractivity contribution in [2.24, 2.45) is 0 Å². The van der Waals surface area contributed by atoms with E-state index in [2.05, 4.69) is 20.7 Å². The minimum absolute atomic E-state index is 0.00133. The number of hydrogen-bond acceptors (Lipinski definition) is 5. The number of rotatable bonds is 4. The Morgan fingerprint density at radius 2 is 2.10 bits per heavy atom. The number of para-hydroxylation sites is 1. The Morgan fingerprint density at radius 3 is 2.81 bits per heavy atom. The third-order valence-electron chi connectivity index (χ3n) is 3.13. The predicted molar refractivity (Wildman–Crippen MR) is 75.8 cm³/mol. The summed E-state index contributed by atoms with van der Waals surface area (Å²) in [7, 11) is 1.28. The molecule has 7 nitrogen and oxygen atoms in total. The second kappa shape index (κ2) is 6.85. The van der Waals surface area contributed by atoms with Gasteiger partial charge in [-0.05, 0) is 12.1 Å². The van der Waals surface area contributed by atoms with E-state index in [0.717, 1.165) is 0 Å². The molecule has 1 unspecified atom stereocenters. The zero-order chi connectivity index (χ0) is 15.2. The number of benzene rings is 1. The molecule has 0 aliphatic carbocycles. The molecule has 0 bridgehead atoms. The van der Waals surface area contributed by atoms with Crippen LogP contribution in [0.2, 0.25) is 0 Å². The molecule has 0 spiro atoms. The van der Waals surface area contributed by atoms with Crippen LogP contribution >= 0.6 is 0 Å². The summed E-state index contributed by atoms with van der Waals surface area (Å²) in [5, 5.41) is 8.29. The van der Waals surface area contributed by atoms with E-state index in [4.69, 9.17) is 0 Å². The summed E-state index contributed by atoms with van der Waals surface area (Å²) >= 11 is 0.